The second-order valence-corrected chi connectivity index (χ2v) is 10.8. The molecule has 0 saturated carbocycles. The van der Waals surface area contributed by atoms with Gasteiger partial charge in [0.15, 0.2) is 0 Å². The van der Waals surface area contributed by atoms with Gasteiger partial charge in [0.25, 0.3) is 0 Å². The van der Waals surface area contributed by atoms with Gasteiger partial charge in [-0.1, -0.05) is 18.2 Å². The lowest BCUT2D eigenvalue weighted by atomic mass is 9.93. The molecule has 0 radical (unpaired) electrons. The highest BCUT2D eigenvalue weighted by Gasteiger charge is 2.32. The van der Waals surface area contributed by atoms with Crippen LogP contribution in [0, 0.1) is 5.82 Å². The summed E-state index contributed by atoms with van der Waals surface area (Å²) in [5, 5.41) is 5.02. The van der Waals surface area contributed by atoms with Crippen LogP contribution in [0.5, 0.6) is 5.75 Å². The fourth-order valence-corrected chi connectivity index (χ4v) is 6.36. The molecule has 1 fully saturated rings. The summed E-state index contributed by atoms with van der Waals surface area (Å²) in [6.45, 7) is 4.85. The Balaban J connectivity index is 1.18. The summed E-state index contributed by atoms with van der Waals surface area (Å²) in [6.07, 6.45) is 1.32. The Kier molecular flexibility index (Phi) is 7.95. The van der Waals surface area contributed by atoms with E-state index >= 15 is 0 Å². The van der Waals surface area contributed by atoms with E-state index in [0.717, 1.165) is 18.5 Å². The zero-order valence-electron chi connectivity index (χ0n) is 21.7. The number of urea groups is 1. The number of hydrogen-bond acceptors (Lipinski definition) is 5. The van der Waals surface area contributed by atoms with Gasteiger partial charge in [0.05, 0.1) is 13.2 Å². The number of anilines is 1. The first-order valence-corrected chi connectivity index (χ1v) is 13.9. The van der Waals surface area contributed by atoms with Gasteiger partial charge in [0.2, 0.25) is 5.91 Å². The quantitative estimate of drug-likeness (QED) is 0.482. The number of carbonyl (C=O) groups is 2. The van der Waals surface area contributed by atoms with Crippen molar-refractivity contribution in [3.05, 3.63) is 81.8 Å². The predicted octanol–water partition coefficient (Wildman–Crippen LogP) is 5.00. The zero-order chi connectivity index (χ0) is 26.6. The summed E-state index contributed by atoms with van der Waals surface area (Å²) in [4.78, 5) is 33.4. The van der Waals surface area contributed by atoms with Crippen LogP contribution < -0.4 is 10.1 Å². The van der Waals surface area contributed by atoms with E-state index in [4.69, 9.17) is 4.74 Å². The third-order valence-electron chi connectivity index (χ3n) is 7.41. The lowest BCUT2D eigenvalue weighted by Crippen LogP contribution is -2.56. The number of hydrogen-bond donors (Lipinski definition) is 1. The van der Waals surface area contributed by atoms with Gasteiger partial charge in [0, 0.05) is 61.8 Å². The van der Waals surface area contributed by atoms with Crippen molar-refractivity contribution in [2.45, 2.75) is 31.8 Å². The molecule has 38 heavy (non-hydrogen) atoms. The number of amides is 3. The number of halogens is 1. The second-order valence-electron chi connectivity index (χ2n) is 9.84. The normalized spacial score (nSPS) is 19.7. The minimum Gasteiger partial charge on any atom is -0.497 e. The average Bonchev–Trinajstić information content (AvgIpc) is 3.40. The third kappa shape index (κ3) is 5.68. The Morgan fingerprint density at radius 2 is 1.95 bits per heavy atom. The van der Waals surface area contributed by atoms with Crippen LogP contribution in [0.4, 0.5) is 14.9 Å². The van der Waals surface area contributed by atoms with E-state index in [1.165, 1.54) is 16.5 Å². The van der Waals surface area contributed by atoms with E-state index in [2.05, 4.69) is 21.7 Å². The molecule has 7 nitrogen and oxygen atoms in total. The molecular formula is C29H33FN4O3S. The van der Waals surface area contributed by atoms with Crippen molar-refractivity contribution in [1.29, 1.82) is 0 Å². The summed E-state index contributed by atoms with van der Waals surface area (Å²) in [7, 11) is 1.59. The maximum absolute atomic E-state index is 14.1. The van der Waals surface area contributed by atoms with E-state index in [1.54, 1.807) is 41.5 Å². The zero-order valence-corrected chi connectivity index (χ0v) is 22.5. The molecule has 1 aromatic heterocycles. The molecule has 2 aliphatic heterocycles. The number of ether oxygens (including phenoxy) is 1. The molecule has 5 rings (SSSR count). The second kappa shape index (κ2) is 11.5. The summed E-state index contributed by atoms with van der Waals surface area (Å²) in [6, 6.07) is 15.8. The minimum absolute atomic E-state index is 0.0513. The topological polar surface area (TPSA) is 65.1 Å². The number of nitrogens with zero attached hydrogens (tertiary/aromatic N) is 3. The molecular weight excluding hydrogens is 503 g/mol. The Morgan fingerprint density at radius 3 is 2.74 bits per heavy atom. The molecule has 2 atom stereocenters. The van der Waals surface area contributed by atoms with Gasteiger partial charge in [-0.25, -0.2) is 9.18 Å². The van der Waals surface area contributed by atoms with Crippen LogP contribution >= 0.6 is 11.3 Å². The van der Waals surface area contributed by atoms with Gasteiger partial charge in [-0.15, -0.1) is 11.3 Å². The summed E-state index contributed by atoms with van der Waals surface area (Å²) < 4.78 is 19.3. The van der Waals surface area contributed by atoms with Crippen molar-refractivity contribution in [2.75, 3.05) is 45.2 Å². The first-order valence-electron chi connectivity index (χ1n) is 13.0. The molecule has 0 aliphatic carbocycles. The van der Waals surface area contributed by atoms with Crippen molar-refractivity contribution < 1.29 is 18.7 Å². The number of fused-ring (bicyclic) bond motifs is 1. The highest BCUT2D eigenvalue weighted by atomic mass is 32.1. The lowest BCUT2D eigenvalue weighted by molar-refractivity contribution is -0.134. The van der Waals surface area contributed by atoms with Gasteiger partial charge in [-0.3, -0.25) is 9.69 Å². The molecule has 0 unspecified atom stereocenters. The van der Waals surface area contributed by atoms with Crippen molar-refractivity contribution >= 4 is 29.0 Å². The molecule has 0 bridgehead atoms. The van der Waals surface area contributed by atoms with Gasteiger partial charge in [-0.05, 0) is 60.2 Å². The Hall–Kier alpha value is -3.43. The fraction of sp³-hybridized carbons (Fsp3) is 0.379. The maximum Gasteiger partial charge on any atom is 0.322 e. The van der Waals surface area contributed by atoms with Crippen molar-refractivity contribution in [3.8, 4) is 5.75 Å². The largest absolute Gasteiger partial charge is 0.497 e. The van der Waals surface area contributed by atoms with Gasteiger partial charge < -0.3 is 19.9 Å². The van der Waals surface area contributed by atoms with E-state index in [-0.39, 0.29) is 29.8 Å². The van der Waals surface area contributed by atoms with E-state index in [9.17, 15) is 14.0 Å². The van der Waals surface area contributed by atoms with Crippen LogP contribution in [-0.4, -0.2) is 72.5 Å². The van der Waals surface area contributed by atoms with Crippen LogP contribution in [-0.2, 0) is 11.2 Å². The van der Waals surface area contributed by atoms with Crippen LogP contribution in [0.3, 0.4) is 0 Å². The summed E-state index contributed by atoms with van der Waals surface area (Å²) >= 11 is 1.74. The predicted molar refractivity (Wildman–Crippen MR) is 147 cm³/mol. The van der Waals surface area contributed by atoms with E-state index in [1.807, 2.05) is 36.1 Å². The van der Waals surface area contributed by atoms with Gasteiger partial charge >= 0.3 is 6.03 Å². The van der Waals surface area contributed by atoms with Crippen LogP contribution in [0.2, 0.25) is 0 Å². The summed E-state index contributed by atoms with van der Waals surface area (Å²) in [5.74, 6) is 0.511. The highest BCUT2D eigenvalue weighted by Crippen LogP contribution is 2.38. The first-order chi connectivity index (χ1) is 18.4. The van der Waals surface area contributed by atoms with E-state index in [0.29, 0.717) is 44.0 Å². The SMILES string of the molecule is COc1cccc(NC(=O)N2CCN(C(=O)CCN3CCc4sccc4[C@H]3c3cccc(F)c3)C[C@H]2C)c1. The third-order valence-corrected chi connectivity index (χ3v) is 8.40. The average molecular weight is 537 g/mol. The molecule has 0 spiro atoms. The van der Waals surface area contributed by atoms with E-state index < -0.39 is 0 Å². The van der Waals surface area contributed by atoms with Crippen molar-refractivity contribution in [1.82, 2.24) is 14.7 Å². The molecule has 200 valence electrons. The van der Waals surface area contributed by atoms with Crippen molar-refractivity contribution in [2.24, 2.45) is 0 Å². The molecule has 3 heterocycles. The van der Waals surface area contributed by atoms with Gasteiger partial charge in [0.1, 0.15) is 11.6 Å². The molecule has 9 heteroatoms. The Labute approximate surface area is 226 Å². The standard InChI is InChI=1S/C29H33FN4O3S/c1-20-19-33(14-15-34(20)29(36)31-23-7-4-8-24(18-23)37-2)27(35)10-13-32-12-9-26-25(11-16-38-26)28(32)21-5-3-6-22(30)17-21/h3-8,11,16-18,20,28H,9-10,12-15,19H2,1-2H3,(H,31,36)/t20-,28-/m1/s1. The van der Waals surface area contributed by atoms with Gasteiger partial charge in [-0.2, -0.15) is 0 Å². The number of thiophene rings is 1. The fourth-order valence-electron chi connectivity index (χ4n) is 5.46. The molecule has 1 saturated heterocycles. The minimum atomic E-state index is -0.247. The molecule has 1 N–H and O–H groups in total. The number of carbonyl (C=O) groups excluding carboxylic acids is 2. The number of methoxy groups -OCH3 is 1. The van der Waals surface area contributed by atoms with Crippen molar-refractivity contribution in [3.63, 3.8) is 0 Å². The maximum atomic E-state index is 14.1. The molecule has 2 aliphatic rings. The number of piperazine rings is 1. The number of rotatable bonds is 6. The number of benzene rings is 2. The monoisotopic (exact) mass is 536 g/mol. The smallest absolute Gasteiger partial charge is 0.322 e. The van der Waals surface area contributed by atoms with Crippen LogP contribution in [0.25, 0.3) is 0 Å². The first kappa shape index (κ1) is 26.2. The highest BCUT2D eigenvalue weighted by molar-refractivity contribution is 7.10. The summed E-state index contributed by atoms with van der Waals surface area (Å²) in [5.41, 5.74) is 2.80. The molecule has 3 aromatic rings. The Morgan fingerprint density at radius 1 is 1.11 bits per heavy atom. The molecule has 3 amide bonds. The van der Waals surface area contributed by atoms with Crippen LogP contribution in [0.1, 0.15) is 35.4 Å². The lowest BCUT2D eigenvalue weighted by Gasteiger charge is -2.40. The number of nitrogens with one attached hydrogen (secondary N) is 1. The Bertz CT molecular complexity index is 1300. The molecule has 2 aromatic carbocycles. The van der Waals surface area contributed by atoms with Crippen LogP contribution in [0.15, 0.2) is 60.0 Å².